The Balaban J connectivity index is 1.95. The molecule has 0 aliphatic heterocycles. The van der Waals surface area contributed by atoms with Gasteiger partial charge in [-0.2, -0.15) is 5.26 Å². The molecule has 0 unspecified atom stereocenters. The molecule has 0 fully saturated rings. The topological polar surface area (TPSA) is 52.8 Å². The molecule has 0 N–H and O–H groups in total. The fourth-order valence-corrected chi connectivity index (χ4v) is 2.12. The molecule has 2 aromatic rings. The van der Waals surface area contributed by atoms with Gasteiger partial charge in [-0.1, -0.05) is 6.07 Å². The van der Waals surface area contributed by atoms with Crippen LogP contribution in [-0.4, -0.2) is 23.6 Å². The molecule has 4 nitrogen and oxygen atoms in total. The van der Waals surface area contributed by atoms with Crippen LogP contribution in [0.4, 0.5) is 5.82 Å². The highest BCUT2D eigenvalue weighted by Gasteiger charge is 2.04. The van der Waals surface area contributed by atoms with Gasteiger partial charge in [0.1, 0.15) is 11.9 Å². The van der Waals surface area contributed by atoms with Gasteiger partial charge >= 0.3 is 0 Å². The summed E-state index contributed by atoms with van der Waals surface area (Å²) < 4.78 is 0. The van der Waals surface area contributed by atoms with Crippen LogP contribution in [0.1, 0.15) is 10.6 Å². The van der Waals surface area contributed by atoms with E-state index in [0.29, 0.717) is 5.69 Å². The highest BCUT2D eigenvalue weighted by Crippen LogP contribution is 2.12. The number of likely N-dealkylation sites (N-methyl/N-ethyl adjacent to an activating group) is 1. The van der Waals surface area contributed by atoms with Crippen molar-refractivity contribution in [1.29, 1.82) is 5.26 Å². The zero-order chi connectivity index (χ0) is 12.1. The van der Waals surface area contributed by atoms with Crippen molar-refractivity contribution >= 4 is 17.2 Å². The lowest BCUT2D eigenvalue weighted by molar-refractivity contribution is 0.862. The van der Waals surface area contributed by atoms with Crippen LogP contribution in [0.15, 0.2) is 29.9 Å². The van der Waals surface area contributed by atoms with Gasteiger partial charge in [0, 0.05) is 18.5 Å². The summed E-state index contributed by atoms with van der Waals surface area (Å²) in [5.74, 6) is 0.792. The monoisotopic (exact) mass is 244 g/mol. The molecule has 0 radical (unpaired) electrons. The van der Waals surface area contributed by atoms with Crippen LogP contribution in [-0.2, 0) is 6.42 Å². The Morgan fingerprint density at radius 1 is 1.41 bits per heavy atom. The number of hydrogen-bond acceptors (Lipinski definition) is 5. The van der Waals surface area contributed by atoms with Crippen LogP contribution in [0.2, 0.25) is 0 Å². The maximum atomic E-state index is 8.63. The van der Waals surface area contributed by atoms with Gasteiger partial charge in [-0.25, -0.2) is 9.97 Å². The van der Waals surface area contributed by atoms with Crippen LogP contribution in [0.5, 0.6) is 0 Å². The Bertz CT molecular complexity index is 498. The summed E-state index contributed by atoms with van der Waals surface area (Å²) >= 11 is 1.76. The molecule has 2 aromatic heterocycles. The number of thiophene rings is 1. The highest BCUT2D eigenvalue weighted by molar-refractivity contribution is 7.09. The van der Waals surface area contributed by atoms with Gasteiger partial charge in [-0.3, -0.25) is 0 Å². The molecule has 0 aliphatic rings. The summed E-state index contributed by atoms with van der Waals surface area (Å²) in [6.07, 6.45) is 4.12. The van der Waals surface area contributed by atoms with Crippen LogP contribution in [0.3, 0.4) is 0 Å². The molecule has 0 aliphatic carbocycles. The van der Waals surface area contributed by atoms with Crippen LogP contribution in [0, 0.1) is 11.3 Å². The van der Waals surface area contributed by atoms with E-state index in [-0.39, 0.29) is 0 Å². The van der Waals surface area contributed by atoms with Crippen molar-refractivity contribution in [2.24, 2.45) is 0 Å². The molecular weight excluding hydrogens is 232 g/mol. The normalized spacial score (nSPS) is 9.88. The third-order valence-electron chi connectivity index (χ3n) is 2.42. The van der Waals surface area contributed by atoms with Crippen molar-refractivity contribution in [2.75, 3.05) is 18.5 Å². The molecule has 0 aromatic carbocycles. The maximum absolute atomic E-state index is 8.63. The molecule has 0 saturated carbocycles. The molecule has 0 spiro atoms. The predicted octanol–water partition coefficient (Wildman–Crippen LogP) is 2.09. The minimum atomic E-state index is 0.348. The minimum absolute atomic E-state index is 0.348. The molecule has 0 amide bonds. The average molecular weight is 244 g/mol. The van der Waals surface area contributed by atoms with E-state index in [0.717, 1.165) is 18.8 Å². The molecule has 0 atom stereocenters. The van der Waals surface area contributed by atoms with Crippen molar-refractivity contribution in [2.45, 2.75) is 6.42 Å². The van der Waals surface area contributed by atoms with Gasteiger partial charge in [0.15, 0.2) is 5.69 Å². The van der Waals surface area contributed by atoms with E-state index in [4.69, 9.17) is 5.26 Å². The Morgan fingerprint density at radius 2 is 2.29 bits per heavy atom. The third kappa shape index (κ3) is 3.02. The quantitative estimate of drug-likeness (QED) is 0.826. The summed E-state index contributed by atoms with van der Waals surface area (Å²) in [4.78, 5) is 11.6. The summed E-state index contributed by atoms with van der Waals surface area (Å²) in [5.41, 5.74) is 0.348. The minimum Gasteiger partial charge on any atom is -0.358 e. The zero-order valence-corrected chi connectivity index (χ0v) is 10.3. The highest BCUT2D eigenvalue weighted by atomic mass is 32.1. The van der Waals surface area contributed by atoms with E-state index in [1.165, 1.54) is 11.1 Å². The second-order valence-corrected chi connectivity index (χ2v) is 4.65. The Morgan fingerprint density at radius 3 is 2.88 bits per heavy atom. The summed E-state index contributed by atoms with van der Waals surface area (Å²) in [7, 11) is 1.98. The number of rotatable bonds is 4. The van der Waals surface area contributed by atoms with Gasteiger partial charge in [0.2, 0.25) is 0 Å². The number of nitrogens with zero attached hydrogens (tertiary/aromatic N) is 4. The fourth-order valence-electron chi connectivity index (χ4n) is 1.42. The van der Waals surface area contributed by atoms with E-state index < -0.39 is 0 Å². The average Bonchev–Trinajstić information content (AvgIpc) is 2.89. The first-order valence-electron chi connectivity index (χ1n) is 5.25. The smallest absolute Gasteiger partial charge is 0.158 e. The maximum Gasteiger partial charge on any atom is 0.158 e. The Kier molecular flexibility index (Phi) is 3.68. The molecule has 17 heavy (non-hydrogen) atoms. The van der Waals surface area contributed by atoms with Gasteiger partial charge in [-0.05, 0) is 17.9 Å². The fraction of sp³-hybridized carbons (Fsp3) is 0.250. The van der Waals surface area contributed by atoms with Crippen LogP contribution >= 0.6 is 11.3 Å². The van der Waals surface area contributed by atoms with Crippen molar-refractivity contribution in [3.05, 3.63) is 40.5 Å². The lowest BCUT2D eigenvalue weighted by Crippen LogP contribution is -2.21. The van der Waals surface area contributed by atoms with Crippen molar-refractivity contribution in [3.8, 4) is 6.07 Å². The molecule has 0 saturated heterocycles. The Hall–Kier alpha value is -1.93. The number of anilines is 1. The van der Waals surface area contributed by atoms with Crippen LogP contribution in [0.25, 0.3) is 0 Å². The summed E-state index contributed by atoms with van der Waals surface area (Å²) in [6.45, 7) is 0.890. The van der Waals surface area contributed by atoms with E-state index in [2.05, 4.69) is 27.5 Å². The van der Waals surface area contributed by atoms with Crippen molar-refractivity contribution in [1.82, 2.24) is 9.97 Å². The van der Waals surface area contributed by atoms with Gasteiger partial charge in [0.25, 0.3) is 0 Å². The van der Waals surface area contributed by atoms with E-state index in [1.807, 2.05) is 18.0 Å². The van der Waals surface area contributed by atoms with Gasteiger partial charge in [-0.15, -0.1) is 11.3 Å². The first-order valence-corrected chi connectivity index (χ1v) is 6.13. The van der Waals surface area contributed by atoms with Crippen molar-refractivity contribution < 1.29 is 0 Å². The summed E-state index contributed by atoms with van der Waals surface area (Å²) in [6, 6.07) is 6.14. The SMILES string of the molecule is CN(CCc1cccs1)c1cnc(C#N)cn1. The second kappa shape index (κ2) is 5.41. The third-order valence-corrected chi connectivity index (χ3v) is 3.35. The molecular formula is C12H12N4S. The van der Waals surface area contributed by atoms with E-state index in [1.54, 1.807) is 17.5 Å². The van der Waals surface area contributed by atoms with Gasteiger partial charge in [0.05, 0.1) is 12.4 Å². The van der Waals surface area contributed by atoms with E-state index >= 15 is 0 Å². The molecule has 86 valence electrons. The lowest BCUT2D eigenvalue weighted by atomic mass is 10.3. The first kappa shape index (κ1) is 11.6. The first-order chi connectivity index (χ1) is 8.29. The van der Waals surface area contributed by atoms with Crippen molar-refractivity contribution in [3.63, 3.8) is 0 Å². The largest absolute Gasteiger partial charge is 0.358 e. The number of aromatic nitrogens is 2. The summed E-state index contributed by atoms with van der Waals surface area (Å²) in [5, 5.41) is 10.7. The van der Waals surface area contributed by atoms with E-state index in [9.17, 15) is 0 Å². The molecule has 0 bridgehead atoms. The number of nitriles is 1. The molecule has 2 rings (SSSR count). The number of hydrogen-bond donors (Lipinski definition) is 0. The molecule has 5 heteroatoms. The van der Waals surface area contributed by atoms with Crippen LogP contribution < -0.4 is 4.90 Å². The standard InChI is InChI=1S/C12H12N4S/c1-16(5-4-11-3-2-6-17-11)12-9-14-10(7-13)8-15-12/h2-3,6,8-9H,4-5H2,1H3. The predicted molar refractivity (Wildman–Crippen MR) is 68.0 cm³/mol. The lowest BCUT2D eigenvalue weighted by Gasteiger charge is -2.16. The second-order valence-electron chi connectivity index (χ2n) is 3.62. The molecule has 2 heterocycles. The van der Waals surface area contributed by atoms with Gasteiger partial charge < -0.3 is 4.90 Å². The zero-order valence-electron chi connectivity index (χ0n) is 9.50. The Labute approximate surface area is 104 Å².